The van der Waals surface area contributed by atoms with Crippen LogP contribution in [0.15, 0.2) is 24.3 Å². The summed E-state index contributed by atoms with van der Waals surface area (Å²) in [6.07, 6.45) is 3.84. The summed E-state index contributed by atoms with van der Waals surface area (Å²) in [5.41, 5.74) is 1.55. The van der Waals surface area contributed by atoms with E-state index in [0.717, 1.165) is 42.8 Å². The molecule has 1 aliphatic carbocycles. The zero-order valence-electron chi connectivity index (χ0n) is 15.0. The first-order chi connectivity index (χ1) is 12.7. The van der Waals surface area contributed by atoms with Crippen molar-refractivity contribution in [2.45, 2.75) is 37.5 Å². The van der Waals surface area contributed by atoms with E-state index in [2.05, 4.69) is 15.2 Å². The van der Waals surface area contributed by atoms with Gasteiger partial charge in [-0.2, -0.15) is 0 Å². The van der Waals surface area contributed by atoms with Gasteiger partial charge in [-0.25, -0.2) is 0 Å². The van der Waals surface area contributed by atoms with E-state index in [1.165, 1.54) is 12.8 Å². The van der Waals surface area contributed by atoms with Gasteiger partial charge < -0.3 is 19.8 Å². The number of carbonyl (C=O) groups excluding carboxylic acids is 1. The lowest BCUT2D eigenvalue weighted by atomic mass is 9.70. The van der Waals surface area contributed by atoms with Gasteiger partial charge in [0.2, 0.25) is 0 Å². The molecule has 26 heavy (non-hydrogen) atoms. The van der Waals surface area contributed by atoms with Crippen molar-refractivity contribution in [3.05, 3.63) is 30.0 Å². The van der Waals surface area contributed by atoms with Crippen molar-refractivity contribution in [1.29, 1.82) is 0 Å². The highest BCUT2D eigenvalue weighted by Crippen LogP contribution is 2.43. The number of nitrogens with zero attached hydrogens (tertiary/aromatic N) is 1. The Labute approximate surface area is 152 Å². The van der Waals surface area contributed by atoms with E-state index >= 15 is 0 Å². The quantitative estimate of drug-likeness (QED) is 0.882. The number of H-pyrrole nitrogens is 1. The van der Waals surface area contributed by atoms with E-state index in [9.17, 15) is 4.79 Å². The number of fused-ring (bicyclic) bond motifs is 2. The fourth-order valence-corrected chi connectivity index (χ4v) is 4.93. The number of amides is 1. The third kappa shape index (κ3) is 2.51. The predicted molar refractivity (Wildman–Crippen MR) is 98.5 cm³/mol. The SMILES string of the molecule is COc1ccc2[nH]c(C(=O)N[C@H]3[C@H]4CCO[C@H]4[C@@H]3N3CCCC3)cc2c1. The molecule has 4 atom stereocenters. The molecule has 0 bridgehead atoms. The number of methoxy groups -OCH3 is 1. The molecule has 3 heterocycles. The fraction of sp³-hybridized carbons (Fsp3) is 0.550. The maximum Gasteiger partial charge on any atom is 0.268 e. The summed E-state index contributed by atoms with van der Waals surface area (Å²) in [6.45, 7) is 3.06. The van der Waals surface area contributed by atoms with E-state index in [1.807, 2.05) is 24.3 Å². The molecule has 1 saturated carbocycles. The number of aromatic amines is 1. The van der Waals surface area contributed by atoms with Crippen LogP contribution in [0.3, 0.4) is 0 Å². The molecule has 6 nitrogen and oxygen atoms in total. The van der Waals surface area contributed by atoms with Crippen LogP contribution < -0.4 is 10.1 Å². The van der Waals surface area contributed by atoms with E-state index in [-0.39, 0.29) is 11.9 Å². The molecular formula is C20H25N3O3. The van der Waals surface area contributed by atoms with Crippen molar-refractivity contribution in [3.8, 4) is 5.75 Å². The predicted octanol–water partition coefficient (Wildman–Crippen LogP) is 2.16. The summed E-state index contributed by atoms with van der Waals surface area (Å²) in [4.78, 5) is 18.6. The summed E-state index contributed by atoms with van der Waals surface area (Å²) in [5.74, 6) is 1.22. The largest absolute Gasteiger partial charge is 0.497 e. The molecule has 1 aromatic heterocycles. The Morgan fingerprint density at radius 1 is 1.31 bits per heavy atom. The molecule has 2 N–H and O–H groups in total. The maximum atomic E-state index is 12.9. The fourth-order valence-electron chi connectivity index (χ4n) is 4.93. The van der Waals surface area contributed by atoms with E-state index in [1.54, 1.807) is 7.11 Å². The average molecular weight is 355 g/mol. The molecule has 6 heteroatoms. The number of nitrogens with one attached hydrogen (secondary N) is 2. The van der Waals surface area contributed by atoms with Gasteiger partial charge in [0.05, 0.1) is 25.3 Å². The van der Waals surface area contributed by atoms with Gasteiger partial charge in [-0.3, -0.25) is 9.69 Å². The van der Waals surface area contributed by atoms with E-state index in [0.29, 0.717) is 23.8 Å². The van der Waals surface area contributed by atoms with Gasteiger partial charge in [0, 0.05) is 23.4 Å². The summed E-state index contributed by atoms with van der Waals surface area (Å²) in [5, 5.41) is 4.28. The summed E-state index contributed by atoms with van der Waals surface area (Å²) >= 11 is 0. The molecule has 2 aliphatic heterocycles. The Kier molecular flexibility index (Phi) is 3.90. The normalized spacial score (nSPS) is 31.0. The van der Waals surface area contributed by atoms with Crippen molar-refractivity contribution >= 4 is 16.8 Å². The van der Waals surface area contributed by atoms with Crippen LogP contribution in [-0.2, 0) is 4.74 Å². The minimum Gasteiger partial charge on any atom is -0.497 e. The number of benzene rings is 1. The molecule has 0 radical (unpaired) electrons. The first-order valence-corrected chi connectivity index (χ1v) is 9.58. The number of hydrogen-bond acceptors (Lipinski definition) is 4. The highest BCUT2D eigenvalue weighted by molar-refractivity contribution is 5.98. The van der Waals surface area contributed by atoms with Gasteiger partial charge in [0.25, 0.3) is 5.91 Å². The van der Waals surface area contributed by atoms with Gasteiger partial charge in [-0.05, 0) is 56.6 Å². The molecule has 1 aromatic carbocycles. The van der Waals surface area contributed by atoms with Crippen molar-refractivity contribution < 1.29 is 14.3 Å². The van der Waals surface area contributed by atoms with Crippen molar-refractivity contribution in [1.82, 2.24) is 15.2 Å². The van der Waals surface area contributed by atoms with Crippen LogP contribution >= 0.6 is 0 Å². The summed E-state index contributed by atoms with van der Waals surface area (Å²) in [6, 6.07) is 8.21. The Morgan fingerprint density at radius 2 is 2.15 bits per heavy atom. The Hall–Kier alpha value is -2.05. The molecule has 2 aromatic rings. The smallest absolute Gasteiger partial charge is 0.268 e. The Balaban J connectivity index is 1.35. The molecular weight excluding hydrogens is 330 g/mol. The summed E-state index contributed by atoms with van der Waals surface area (Å²) in [7, 11) is 1.65. The lowest BCUT2D eigenvalue weighted by molar-refractivity contribution is -0.0747. The van der Waals surface area contributed by atoms with Crippen molar-refractivity contribution in [2.75, 3.05) is 26.8 Å². The number of rotatable bonds is 4. The van der Waals surface area contributed by atoms with Crippen LogP contribution in [0.1, 0.15) is 29.8 Å². The highest BCUT2D eigenvalue weighted by Gasteiger charge is 2.56. The van der Waals surface area contributed by atoms with Crippen molar-refractivity contribution in [3.63, 3.8) is 0 Å². The minimum absolute atomic E-state index is 0.0280. The highest BCUT2D eigenvalue weighted by atomic mass is 16.5. The molecule has 3 fully saturated rings. The molecule has 0 spiro atoms. The first-order valence-electron chi connectivity index (χ1n) is 9.58. The van der Waals surface area contributed by atoms with Gasteiger partial charge >= 0.3 is 0 Å². The molecule has 138 valence electrons. The maximum absolute atomic E-state index is 12.9. The average Bonchev–Trinajstić information content (AvgIpc) is 3.39. The molecule has 2 saturated heterocycles. The second kappa shape index (κ2) is 6.28. The topological polar surface area (TPSA) is 66.6 Å². The standard InChI is InChI=1S/C20H25N3O3/c1-25-13-4-5-15-12(10-13)11-16(21-15)20(24)22-17-14-6-9-26-19(14)18(17)23-7-2-3-8-23/h4-5,10-11,14,17-19,21H,2-3,6-9H2,1H3,(H,22,24)/t14-,17+,18-,19-/m1/s1. The van der Waals surface area contributed by atoms with Crippen LogP contribution in [-0.4, -0.2) is 60.8 Å². The number of aromatic nitrogens is 1. The zero-order chi connectivity index (χ0) is 17.7. The number of likely N-dealkylation sites (tertiary alicyclic amines) is 1. The third-order valence-electron chi connectivity index (χ3n) is 6.28. The second-order valence-corrected chi connectivity index (χ2v) is 7.66. The van der Waals surface area contributed by atoms with Crippen molar-refractivity contribution in [2.24, 2.45) is 5.92 Å². The molecule has 5 rings (SSSR count). The van der Waals surface area contributed by atoms with Crippen LogP contribution in [0.4, 0.5) is 0 Å². The van der Waals surface area contributed by atoms with Crippen LogP contribution in [0.25, 0.3) is 10.9 Å². The van der Waals surface area contributed by atoms with Crippen LogP contribution in [0.2, 0.25) is 0 Å². The Bertz CT molecular complexity index is 822. The minimum atomic E-state index is -0.0280. The first kappa shape index (κ1) is 16.1. The Morgan fingerprint density at radius 3 is 2.96 bits per heavy atom. The lowest BCUT2D eigenvalue weighted by Crippen LogP contribution is -2.70. The van der Waals surface area contributed by atoms with Gasteiger partial charge in [-0.15, -0.1) is 0 Å². The number of ether oxygens (including phenoxy) is 2. The molecule has 1 amide bonds. The summed E-state index contributed by atoms with van der Waals surface area (Å²) < 4.78 is 11.2. The second-order valence-electron chi connectivity index (χ2n) is 7.66. The van der Waals surface area contributed by atoms with Gasteiger partial charge in [0.1, 0.15) is 11.4 Å². The van der Waals surface area contributed by atoms with Crippen LogP contribution in [0.5, 0.6) is 5.75 Å². The number of carbonyl (C=O) groups is 1. The van der Waals surface area contributed by atoms with E-state index in [4.69, 9.17) is 9.47 Å². The van der Waals surface area contributed by atoms with E-state index < -0.39 is 0 Å². The van der Waals surface area contributed by atoms with Crippen LogP contribution in [0, 0.1) is 5.92 Å². The monoisotopic (exact) mass is 355 g/mol. The lowest BCUT2D eigenvalue weighted by Gasteiger charge is -2.51. The molecule has 3 aliphatic rings. The third-order valence-corrected chi connectivity index (χ3v) is 6.28. The van der Waals surface area contributed by atoms with Gasteiger partial charge in [-0.1, -0.05) is 0 Å². The number of hydrogen-bond donors (Lipinski definition) is 2. The van der Waals surface area contributed by atoms with Gasteiger partial charge in [0.15, 0.2) is 0 Å². The zero-order valence-corrected chi connectivity index (χ0v) is 15.0. The molecule has 0 unspecified atom stereocenters.